The topological polar surface area (TPSA) is 64.4 Å². The number of hydrogen-bond acceptors (Lipinski definition) is 4. The first-order valence-electron chi connectivity index (χ1n) is 8.23. The maximum atomic E-state index is 12.2. The monoisotopic (exact) mass is 336 g/mol. The van der Waals surface area contributed by atoms with Gasteiger partial charge in [0.15, 0.2) is 0 Å². The summed E-state index contributed by atoms with van der Waals surface area (Å²) >= 11 is 0. The van der Waals surface area contributed by atoms with Crippen molar-refractivity contribution in [2.45, 2.75) is 19.9 Å². The molecule has 0 fully saturated rings. The number of benzene rings is 2. The number of nitrogens with one attached hydrogen (secondary N) is 1. The van der Waals surface area contributed by atoms with Gasteiger partial charge in [-0.1, -0.05) is 36.4 Å². The number of oxazole rings is 1. The largest absolute Gasteiger partial charge is 0.494 e. The molecule has 0 unspecified atom stereocenters. The Bertz CT molecular complexity index is 828. The van der Waals surface area contributed by atoms with Crippen LogP contribution in [0.15, 0.2) is 65.3 Å². The molecule has 1 N–H and O–H groups in total. The molecule has 0 aliphatic carbocycles. The third-order valence-corrected chi connectivity index (χ3v) is 3.66. The molecule has 0 saturated heterocycles. The fraction of sp³-hybridized carbons (Fsp3) is 0.200. The van der Waals surface area contributed by atoms with E-state index in [2.05, 4.69) is 10.3 Å². The SMILES string of the molecule is CCOc1ccccc1CNC(=O)Cc1coc(-c2ccccc2)n1. The molecule has 128 valence electrons. The number of hydrogen-bond donors (Lipinski definition) is 1. The van der Waals surface area contributed by atoms with Gasteiger partial charge in [-0.25, -0.2) is 4.98 Å². The summed E-state index contributed by atoms with van der Waals surface area (Å²) in [6.45, 7) is 2.94. The van der Waals surface area contributed by atoms with E-state index in [0.717, 1.165) is 16.9 Å². The number of carbonyl (C=O) groups excluding carboxylic acids is 1. The summed E-state index contributed by atoms with van der Waals surface area (Å²) < 4.78 is 11.0. The van der Waals surface area contributed by atoms with Crippen LogP contribution in [0.3, 0.4) is 0 Å². The average molecular weight is 336 g/mol. The second-order valence-electron chi connectivity index (χ2n) is 5.50. The first-order valence-corrected chi connectivity index (χ1v) is 8.23. The minimum atomic E-state index is -0.112. The Balaban J connectivity index is 1.58. The van der Waals surface area contributed by atoms with E-state index >= 15 is 0 Å². The lowest BCUT2D eigenvalue weighted by Crippen LogP contribution is -2.25. The van der Waals surface area contributed by atoms with Crippen LogP contribution in [0.1, 0.15) is 18.2 Å². The fourth-order valence-electron chi connectivity index (χ4n) is 2.47. The number of amides is 1. The van der Waals surface area contributed by atoms with E-state index in [4.69, 9.17) is 9.15 Å². The van der Waals surface area contributed by atoms with Crippen molar-refractivity contribution in [3.63, 3.8) is 0 Å². The van der Waals surface area contributed by atoms with Crippen LogP contribution < -0.4 is 10.1 Å². The molecule has 3 rings (SSSR count). The fourth-order valence-corrected chi connectivity index (χ4v) is 2.47. The molecule has 1 heterocycles. The van der Waals surface area contributed by atoms with Crippen molar-refractivity contribution < 1.29 is 13.9 Å². The van der Waals surface area contributed by atoms with Crippen LogP contribution in [0.4, 0.5) is 0 Å². The van der Waals surface area contributed by atoms with E-state index in [1.54, 1.807) is 0 Å². The number of aromatic nitrogens is 1. The zero-order chi connectivity index (χ0) is 17.5. The number of nitrogens with zero attached hydrogens (tertiary/aromatic N) is 1. The zero-order valence-corrected chi connectivity index (χ0v) is 14.1. The Hall–Kier alpha value is -3.08. The lowest BCUT2D eigenvalue weighted by molar-refractivity contribution is -0.120. The van der Waals surface area contributed by atoms with Gasteiger partial charge < -0.3 is 14.5 Å². The van der Waals surface area contributed by atoms with Gasteiger partial charge >= 0.3 is 0 Å². The maximum Gasteiger partial charge on any atom is 0.226 e. The van der Waals surface area contributed by atoms with Crippen LogP contribution in [0.25, 0.3) is 11.5 Å². The molecule has 0 saturated carbocycles. The van der Waals surface area contributed by atoms with E-state index in [1.807, 2.05) is 61.5 Å². The molecule has 0 spiro atoms. The highest BCUT2D eigenvalue weighted by Crippen LogP contribution is 2.19. The van der Waals surface area contributed by atoms with E-state index < -0.39 is 0 Å². The van der Waals surface area contributed by atoms with Crippen molar-refractivity contribution in [3.8, 4) is 17.2 Å². The van der Waals surface area contributed by atoms with Crippen LogP contribution in [-0.2, 0) is 17.8 Å². The average Bonchev–Trinajstić information content (AvgIpc) is 3.10. The molecule has 25 heavy (non-hydrogen) atoms. The van der Waals surface area contributed by atoms with Crippen LogP contribution in [-0.4, -0.2) is 17.5 Å². The maximum absolute atomic E-state index is 12.2. The Morgan fingerprint density at radius 1 is 1.12 bits per heavy atom. The summed E-state index contributed by atoms with van der Waals surface area (Å²) in [5, 5.41) is 2.89. The number of rotatable bonds is 7. The van der Waals surface area contributed by atoms with Crippen LogP contribution in [0.5, 0.6) is 5.75 Å². The lowest BCUT2D eigenvalue weighted by atomic mass is 10.2. The highest BCUT2D eigenvalue weighted by Gasteiger charge is 2.11. The molecule has 0 radical (unpaired) electrons. The minimum absolute atomic E-state index is 0.112. The van der Waals surface area contributed by atoms with Crippen molar-refractivity contribution in [1.29, 1.82) is 0 Å². The van der Waals surface area contributed by atoms with Gasteiger partial charge in [0.2, 0.25) is 11.8 Å². The van der Waals surface area contributed by atoms with Crippen molar-refractivity contribution in [1.82, 2.24) is 10.3 Å². The summed E-state index contributed by atoms with van der Waals surface area (Å²) in [5.41, 5.74) is 2.44. The van der Waals surface area contributed by atoms with Crippen LogP contribution >= 0.6 is 0 Å². The smallest absolute Gasteiger partial charge is 0.226 e. The summed E-state index contributed by atoms with van der Waals surface area (Å²) in [6.07, 6.45) is 1.70. The highest BCUT2D eigenvalue weighted by molar-refractivity contribution is 5.78. The molecule has 0 atom stereocenters. The van der Waals surface area contributed by atoms with Gasteiger partial charge in [0, 0.05) is 17.7 Å². The molecular formula is C20H20N2O3. The van der Waals surface area contributed by atoms with E-state index in [1.165, 1.54) is 6.26 Å². The molecule has 3 aromatic rings. The quantitative estimate of drug-likeness (QED) is 0.716. The molecule has 0 aliphatic heterocycles. The van der Waals surface area contributed by atoms with Gasteiger partial charge in [-0.3, -0.25) is 4.79 Å². The van der Waals surface area contributed by atoms with Crippen molar-refractivity contribution in [2.24, 2.45) is 0 Å². The Morgan fingerprint density at radius 3 is 2.68 bits per heavy atom. The summed E-state index contributed by atoms with van der Waals surface area (Å²) in [5.74, 6) is 1.20. The third kappa shape index (κ3) is 4.47. The molecule has 2 aromatic carbocycles. The molecule has 5 heteroatoms. The third-order valence-electron chi connectivity index (χ3n) is 3.66. The second kappa shape index (κ2) is 8.15. The Labute approximate surface area is 146 Å². The molecule has 0 aliphatic rings. The first-order chi connectivity index (χ1) is 12.3. The van der Waals surface area contributed by atoms with Crippen molar-refractivity contribution >= 4 is 5.91 Å². The predicted octanol–water partition coefficient (Wildman–Crippen LogP) is 3.60. The highest BCUT2D eigenvalue weighted by atomic mass is 16.5. The van der Waals surface area contributed by atoms with Crippen LogP contribution in [0.2, 0.25) is 0 Å². The Morgan fingerprint density at radius 2 is 1.88 bits per heavy atom. The number of ether oxygens (including phenoxy) is 1. The Kier molecular flexibility index (Phi) is 5.46. The molecule has 0 bridgehead atoms. The lowest BCUT2D eigenvalue weighted by Gasteiger charge is -2.10. The number of para-hydroxylation sites is 1. The van der Waals surface area contributed by atoms with Gasteiger partial charge in [0.25, 0.3) is 0 Å². The summed E-state index contributed by atoms with van der Waals surface area (Å²) in [4.78, 5) is 16.5. The second-order valence-corrected chi connectivity index (χ2v) is 5.50. The molecular weight excluding hydrogens is 316 g/mol. The number of carbonyl (C=O) groups is 1. The molecule has 5 nitrogen and oxygen atoms in total. The molecule has 1 aromatic heterocycles. The summed E-state index contributed by atoms with van der Waals surface area (Å²) in [6, 6.07) is 17.3. The van der Waals surface area contributed by atoms with E-state index in [0.29, 0.717) is 24.7 Å². The zero-order valence-electron chi connectivity index (χ0n) is 14.1. The van der Waals surface area contributed by atoms with Gasteiger partial charge in [-0.2, -0.15) is 0 Å². The van der Waals surface area contributed by atoms with Crippen molar-refractivity contribution in [3.05, 3.63) is 72.1 Å². The summed E-state index contributed by atoms with van der Waals surface area (Å²) in [7, 11) is 0. The minimum Gasteiger partial charge on any atom is -0.494 e. The van der Waals surface area contributed by atoms with Crippen molar-refractivity contribution in [2.75, 3.05) is 6.61 Å². The van der Waals surface area contributed by atoms with Gasteiger partial charge in [-0.15, -0.1) is 0 Å². The molecule has 1 amide bonds. The predicted molar refractivity (Wildman–Crippen MR) is 95.1 cm³/mol. The van der Waals surface area contributed by atoms with E-state index in [-0.39, 0.29) is 12.3 Å². The first kappa shape index (κ1) is 16.8. The van der Waals surface area contributed by atoms with E-state index in [9.17, 15) is 4.79 Å². The van der Waals surface area contributed by atoms with Gasteiger partial charge in [0.1, 0.15) is 12.0 Å². The van der Waals surface area contributed by atoms with Crippen LogP contribution in [0, 0.1) is 0 Å². The van der Waals surface area contributed by atoms with Gasteiger partial charge in [-0.05, 0) is 25.1 Å². The van der Waals surface area contributed by atoms with Gasteiger partial charge in [0.05, 0.1) is 18.7 Å². The normalized spacial score (nSPS) is 10.4. The standard InChI is InChI=1S/C20H20N2O3/c1-2-24-18-11-7-6-10-16(18)13-21-19(23)12-17-14-25-20(22-17)15-8-4-3-5-9-15/h3-11,14H,2,12-13H2,1H3,(H,21,23).